The molecule has 9 heteroatoms. The molecule has 2 heterocycles. The van der Waals surface area contributed by atoms with E-state index in [9.17, 15) is 13.2 Å². The molecule has 1 saturated heterocycles. The first-order chi connectivity index (χ1) is 15.2. The summed E-state index contributed by atoms with van der Waals surface area (Å²) in [5, 5.41) is 3.77. The number of benzene rings is 2. The van der Waals surface area contributed by atoms with Gasteiger partial charge in [-0.3, -0.25) is 4.79 Å². The third kappa shape index (κ3) is 4.18. The fourth-order valence-electron chi connectivity index (χ4n) is 4.19. The third-order valence-electron chi connectivity index (χ3n) is 5.63. The molecule has 0 radical (unpaired) electrons. The van der Waals surface area contributed by atoms with E-state index in [1.165, 1.54) is 4.31 Å². The Bertz CT molecular complexity index is 1230. The largest absolute Gasteiger partial charge is 0.336 e. The average molecular weight is 455 g/mol. The number of amides is 1. The van der Waals surface area contributed by atoms with Crippen LogP contribution >= 0.6 is 0 Å². The highest BCUT2D eigenvalue weighted by atomic mass is 32.2. The molecule has 0 unspecified atom stereocenters. The van der Waals surface area contributed by atoms with Crippen molar-refractivity contribution in [3.8, 4) is 11.5 Å². The predicted molar refractivity (Wildman–Crippen MR) is 120 cm³/mol. The van der Waals surface area contributed by atoms with E-state index in [0.29, 0.717) is 35.3 Å². The van der Waals surface area contributed by atoms with E-state index in [1.54, 1.807) is 36.1 Å². The highest BCUT2D eigenvalue weighted by Crippen LogP contribution is 2.26. The van der Waals surface area contributed by atoms with Crippen LogP contribution in [0.1, 0.15) is 32.9 Å². The van der Waals surface area contributed by atoms with Gasteiger partial charge in [-0.05, 0) is 63.1 Å². The summed E-state index contributed by atoms with van der Waals surface area (Å²) in [7, 11) is -3.62. The SMILES string of the molecule is Cc1cc(C)c(S(=O)(=O)N2CCN(C(=O)c3ccc(-c4nc(C)no4)cc3)CC2)c(C)c1. The van der Waals surface area contributed by atoms with E-state index in [-0.39, 0.29) is 19.0 Å². The molecule has 2 aromatic carbocycles. The monoisotopic (exact) mass is 454 g/mol. The summed E-state index contributed by atoms with van der Waals surface area (Å²) in [6.07, 6.45) is 0. The zero-order chi connectivity index (χ0) is 23.0. The molecule has 1 amide bonds. The summed E-state index contributed by atoms with van der Waals surface area (Å²) in [6, 6.07) is 10.8. The van der Waals surface area contributed by atoms with Crippen LogP contribution in [0.3, 0.4) is 0 Å². The molecule has 1 aromatic heterocycles. The lowest BCUT2D eigenvalue weighted by Crippen LogP contribution is -2.50. The van der Waals surface area contributed by atoms with Crippen molar-refractivity contribution in [2.45, 2.75) is 32.6 Å². The number of nitrogens with zero attached hydrogens (tertiary/aromatic N) is 4. The maximum atomic E-state index is 13.3. The van der Waals surface area contributed by atoms with Crippen LogP contribution in [0.5, 0.6) is 0 Å². The van der Waals surface area contributed by atoms with Crippen LogP contribution in [0.25, 0.3) is 11.5 Å². The number of hydrogen-bond donors (Lipinski definition) is 0. The van der Waals surface area contributed by atoms with Crippen LogP contribution in [-0.4, -0.2) is 59.8 Å². The molecule has 1 fully saturated rings. The Kier molecular flexibility index (Phi) is 5.87. The van der Waals surface area contributed by atoms with Gasteiger partial charge in [0.05, 0.1) is 4.90 Å². The zero-order valence-corrected chi connectivity index (χ0v) is 19.4. The number of piperazine rings is 1. The maximum absolute atomic E-state index is 13.3. The summed E-state index contributed by atoms with van der Waals surface area (Å²) in [4.78, 5) is 19.2. The molecule has 4 rings (SSSR count). The number of aromatic nitrogens is 2. The topological polar surface area (TPSA) is 96.6 Å². The number of carbonyl (C=O) groups excluding carboxylic acids is 1. The summed E-state index contributed by atoms with van der Waals surface area (Å²) >= 11 is 0. The molecular weight excluding hydrogens is 428 g/mol. The van der Waals surface area contributed by atoms with Crippen LogP contribution in [0.2, 0.25) is 0 Å². The maximum Gasteiger partial charge on any atom is 0.257 e. The van der Waals surface area contributed by atoms with Crippen LogP contribution < -0.4 is 0 Å². The van der Waals surface area contributed by atoms with Crippen molar-refractivity contribution in [2.24, 2.45) is 0 Å². The van der Waals surface area contributed by atoms with Gasteiger partial charge in [0.1, 0.15) is 0 Å². The summed E-state index contributed by atoms with van der Waals surface area (Å²) in [5.74, 6) is 0.823. The Morgan fingerprint density at radius 3 is 2.06 bits per heavy atom. The second-order valence-electron chi connectivity index (χ2n) is 8.15. The van der Waals surface area contributed by atoms with E-state index in [0.717, 1.165) is 22.3 Å². The van der Waals surface area contributed by atoms with Gasteiger partial charge in [-0.1, -0.05) is 22.9 Å². The van der Waals surface area contributed by atoms with E-state index < -0.39 is 10.0 Å². The molecule has 1 aliphatic rings. The smallest absolute Gasteiger partial charge is 0.257 e. The minimum atomic E-state index is -3.62. The first kappa shape index (κ1) is 22.2. The molecule has 0 bridgehead atoms. The van der Waals surface area contributed by atoms with Crippen LogP contribution in [-0.2, 0) is 10.0 Å². The van der Waals surface area contributed by atoms with Crippen molar-refractivity contribution in [3.05, 3.63) is 64.5 Å². The molecule has 8 nitrogen and oxygen atoms in total. The van der Waals surface area contributed by atoms with E-state index in [1.807, 2.05) is 32.9 Å². The van der Waals surface area contributed by atoms with Crippen LogP contribution in [0.15, 0.2) is 45.8 Å². The molecule has 0 N–H and O–H groups in total. The number of hydrogen-bond acceptors (Lipinski definition) is 6. The van der Waals surface area contributed by atoms with Crippen molar-refractivity contribution < 1.29 is 17.7 Å². The van der Waals surface area contributed by atoms with Crippen molar-refractivity contribution in [3.63, 3.8) is 0 Å². The van der Waals surface area contributed by atoms with E-state index in [2.05, 4.69) is 10.1 Å². The lowest BCUT2D eigenvalue weighted by atomic mass is 10.1. The normalized spacial score (nSPS) is 15.2. The van der Waals surface area contributed by atoms with Crippen molar-refractivity contribution in [1.29, 1.82) is 0 Å². The quantitative estimate of drug-likeness (QED) is 0.601. The minimum absolute atomic E-state index is 0.127. The summed E-state index contributed by atoms with van der Waals surface area (Å²) in [5.41, 5.74) is 3.80. The van der Waals surface area contributed by atoms with E-state index >= 15 is 0 Å². The van der Waals surface area contributed by atoms with Crippen LogP contribution in [0, 0.1) is 27.7 Å². The molecule has 0 atom stereocenters. The van der Waals surface area contributed by atoms with E-state index in [4.69, 9.17) is 4.52 Å². The van der Waals surface area contributed by atoms with Gasteiger partial charge in [0.25, 0.3) is 11.8 Å². The molecule has 0 aliphatic carbocycles. The Labute approximate surface area is 187 Å². The molecule has 168 valence electrons. The van der Waals surface area contributed by atoms with Gasteiger partial charge in [-0.25, -0.2) is 8.42 Å². The molecule has 1 aliphatic heterocycles. The Morgan fingerprint density at radius 2 is 1.53 bits per heavy atom. The molecule has 32 heavy (non-hydrogen) atoms. The van der Waals surface area contributed by atoms with Gasteiger partial charge in [0.15, 0.2) is 5.82 Å². The molecule has 3 aromatic rings. The average Bonchev–Trinajstić information content (AvgIpc) is 3.19. The number of sulfonamides is 1. The Hall–Kier alpha value is -3.04. The van der Waals surface area contributed by atoms with Crippen molar-refractivity contribution >= 4 is 15.9 Å². The molecule has 0 spiro atoms. The highest BCUT2D eigenvalue weighted by molar-refractivity contribution is 7.89. The molecular formula is C23H26N4O4S. The lowest BCUT2D eigenvalue weighted by Gasteiger charge is -2.34. The van der Waals surface area contributed by atoms with Gasteiger partial charge >= 0.3 is 0 Å². The Balaban J connectivity index is 1.45. The standard InChI is InChI=1S/C23H26N4O4S/c1-15-13-16(2)21(17(3)14-15)32(29,30)27-11-9-26(10-12-27)23(28)20-7-5-19(6-8-20)22-24-18(4)25-31-22/h5-8,13-14H,9-12H2,1-4H3. The number of rotatable bonds is 4. The number of carbonyl (C=O) groups is 1. The highest BCUT2D eigenvalue weighted by Gasteiger charge is 2.32. The number of aryl methyl sites for hydroxylation is 4. The fraction of sp³-hybridized carbons (Fsp3) is 0.348. The first-order valence-corrected chi connectivity index (χ1v) is 11.9. The van der Waals surface area contributed by atoms with Gasteiger partial charge in [0, 0.05) is 37.3 Å². The minimum Gasteiger partial charge on any atom is -0.336 e. The van der Waals surface area contributed by atoms with Gasteiger partial charge < -0.3 is 9.42 Å². The summed E-state index contributed by atoms with van der Waals surface area (Å²) < 4.78 is 33.2. The van der Waals surface area contributed by atoms with Gasteiger partial charge in [-0.15, -0.1) is 0 Å². The van der Waals surface area contributed by atoms with Crippen LogP contribution in [0.4, 0.5) is 0 Å². The first-order valence-electron chi connectivity index (χ1n) is 10.4. The summed E-state index contributed by atoms with van der Waals surface area (Å²) in [6.45, 7) is 8.56. The van der Waals surface area contributed by atoms with Crippen molar-refractivity contribution in [2.75, 3.05) is 26.2 Å². The van der Waals surface area contributed by atoms with Gasteiger partial charge in [0.2, 0.25) is 10.0 Å². The second kappa shape index (κ2) is 8.48. The Morgan fingerprint density at radius 1 is 0.938 bits per heavy atom. The third-order valence-corrected chi connectivity index (χ3v) is 7.84. The second-order valence-corrected chi connectivity index (χ2v) is 10.0. The zero-order valence-electron chi connectivity index (χ0n) is 18.6. The van der Waals surface area contributed by atoms with Gasteiger partial charge in [-0.2, -0.15) is 9.29 Å². The predicted octanol–water partition coefficient (Wildman–Crippen LogP) is 3.12. The lowest BCUT2D eigenvalue weighted by molar-refractivity contribution is 0.0698. The molecule has 0 saturated carbocycles. The fourth-order valence-corrected chi connectivity index (χ4v) is 6.02. The van der Waals surface area contributed by atoms with Crippen molar-refractivity contribution in [1.82, 2.24) is 19.3 Å².